The van der Waals surface area contributed by atoms with Gasteiger partial charge >= 0.3 is 0 Å². The van der Waals surface area contributed by atoms with Gasteiger partial charge in [0.25, 0.3) is 0 Å². The van der Waals surface area contributed by atoms with Crippen molar-refractivity contribution in [3.8, 4) is 11.5 Å². The first-order chi connectivity index (χ1) is 13.9. The van der Waals surface area contributed by atoms with Gasteiger partial charge in [-0.1, -0.05) is 0 Å². The monoisotopic (exact) mass is 406 g/mol. The predicted molar refractivity (Wildman–Crippen MR) is 99.7 cm³/mol. The van der Waals surface area contributed by atoms with Crippen molar-refractivity contribution < 1.29 is 32.6 Å². The summed E-state index contributed by atoms with van der Waals surface area (Å²) >= 11 is 0. The van der Waals surface area contributed by atoms with Gasteiger partial charge < -0.3 is 24.4 Å². The average Bonchev–Trinajstić information content (AvgIpc) is 2.71. The standard InChI is InChI=1S/C20H20F2N2O5/c1-27-14-5-3-12(18(8-14)28-2)9-24-17(10-29-11-19(24)25)20(26)23-16-6-4-13(21)7-15(16)22/h3-8,17H,9-11H2,1-2H3,(H,23,26)/t17-/m0/s1. The first-order valence-corrected chi connectivity index (χ1v) is 8.77. The summed E-state index contributed by atoms with van der Waals surface area (Å²) in [4.78, 5) is 26.5. The molecule has 1 saturated heterocycles. The van der Waals surface area contributed by atoms with Crippen molar-refractivity contribution in [1.29, 1.82) is 0 Å². The molecule has 7 nitrogen and oxygen atoms in total. The van der Waals surface area contributed by atoms with Crippen LogP contribution in [-0.2, 0) is 20.9 Å². The van der Waals surface area contributed by atoms with Crippen LogP contribution >= 0.6 is 0 Å². The summed E-state index contributed by atoms with van der Waals surface area (Å²) in [5.41, 5.74) is 0.478. The molecule has 0 bridgehead atoms. The molecule has 0 radical (unpaired) electrons. The minimum absolute atomic E-state index is 0.0567. The Labute approximate surface area is 166 Å². The third-order valence-corrected chi connectivity index (χ3v) is 4.52. The van der Waals surface area contributed by atoms with E-state index in [1.165, 1.54) is 19.1 Å². The number of carbonyl (C=O) groups is 2. The Morgan fingerprint density at radius 3 is 2.69 bits per heavy atom. The maximum Gasteiger partial charge on any atom is 0.249 e. The number of morpholine rings is 1. The van der Waals surface area contributed by atoms with Crippen LogP contribution in [0.5, 0.6) is 11.5 Å². The predicted octanol–water partition coefficient (Wildman–Crippen LogP) is 2.35. The van der Waals surface area contributed by atoms with Gasteiger partial charge in [0.05, 0.1) is 33.1 Å². The lowest BCUT2D eigenvalue weighted by atomic mass is 10.1. The number of ether oxygens (including phenoxy) is 3. The number of rotatable bonds is 6. The molecule has 1 fully saturated rings. The van der Waals surface area contributed by atoms with Crippen molar-refractivity contribution in [3.63, 3.8) is 0 Å². The van der Waals surface area contributed by atoms with Gasteiger partial charge in [0.15, 0.2) is 0 Å². The SMILES string of the molecule is COc1ccc(CN2C(=O)COC[C@H]2C(=O)Nc2ccc(F)cc2F)c(OC)c1. The molecule has 29 heavy (non-hydrogen) atoms. The largest absolute Gasteiger partial charge is 0.497 e. The Balaban J connectivity index is 1.82. The molecule has 0 unspecified atom stereocenters. The molecule has 1 aliphatic heterocycles. The smallest absolute Gasteiger partial charge is 0.249 e. The Morgan fingerprint density at radius 1 is 1.21 bits per heavy atom. The van der Waals surface area contributed by atoms with E-state index >= 15 is 0 Å². The molecule has 3 rings (SSSR count). The summed E-state index contributed by atoms with van der Waals surface area (Å²) in [6.45, 7) is -0.147. The van der Waals surface area contributed by atoms with Crippen LogP contribution in [-0.4, -0.2) is 50.2 Å². The van der Waals surface area contributed by atoms with Crippen molar-refractivity contribution in [3.05, 3.63) is 53.6 Å². The molecule has 2 aromatic carbocycles. The number of halogens is 2. The van der Waals surface area contributed by atoms with Crippen LogP contribution in [0.3, 0.4) is 0 Å². The summed E-state index contributed by atoms with van der Waals surface area (Å²) < 4.78 is 42.7. The number of hydrogen-bond acceptors (Lipinski definition) is 5. The van der Waals surface area contributed by atoms with E-state index < -0.39 is 29.5 Å². The lowest BCUT2D eigenvalue weighted by Gasteiger charge is -2.34. The minimum atomic E-state index is -0.993. The fraction of sp³-hybridized carbons (Fsp3) is 0.300. The maximum absolute atomic E-state index is 13.9. The van der Waals surface area contributed by atoms with Crippen molar-refractivity contribution >= 4 is 17.5 Å². The number of anilines is 1. The van der Waals surface area contributed by atoms with Crippen LogP contribution in [0.15, 0.2) is 36.4 Å². The number of carbonyl (C=O) groups excluding carboxylic acids is 2. The third-order valence-electron chi connectivity index (χ3n) is 4.52. The number of methoxy groups -OCH3 is 2. The van der Waals surface area contributed by atoms with E-state index in [0.717, 1.165) is 12.1 Å². The molecule has 1 N–H and O–H groups in total. The van der Waals surface area contributed by atoms with Gasteiger partial charge in [0.2, 0.25) is 11.8 Å². The minimum Gasteiger partial charge on any atom is -0.497 e. The van der Waals surface area contributed by atoms with E-state index in [2.05, 4.69) is 5.32 Å². The molecule has 0 spiro atoms. The molecule has 0 saturated carbocycles. The Kier molecular flexibility index (Phi) is 6.28. The fourth-order valence-corrected chi connectivity index (χ4v) is 2.99. The first kappa shape index (κ1) is 20.5. The van der Waals surface area contributed by atoms with Crippen LogP contribution in [0, 0.1) is 11.6 Å². The topological polar surface area (TPSA) is 77.1 Å². The highest BCUT2D eigenvalue weighted by Crippen LogP contribution is 2.27. The number of nitrogens with one attached hydrogen (secondary N) is 1. The molecule has 2 aromatic rings. The summed E-state index contributed by atoms with van der Waals surface area (Å²) in [6, 6.07) is 6.93. The Bertz CT molecular complexity index is 922. The molecule has 154 valence electrons. The second kappa shape index (κ2) is 8.87. The van der Waals surface area contributed by atoms with Crippen LogP contribution in [0.4, 0.5) is 14.5 Å². The van der Waals surface area contributed by atoms with Crippen molar-refractivity contribution in [2.24, 2.45) is 0 Å². The van der Waals surface area contributed by atoms with Gasteiger partial charge in [-0.25, -0.2) is 8.78 Å². The summed E-state index contributed by atoms with van der Waals surface area (Å²) in [5, 5.41) is 2.38. The number of benzene rings is 2. The van der Waals surface area contributed by atoms with Gasteiger partial charge in [0.1, 0.15) is 35.8 Å². The molecule has 2 amide bonds. The van der Waals surface area contributed by atoms with E-state index in [1.54, 1.807) is 18.2 Å². The molecular formula is C20H20F2N2O5. The molecule has 1 heterocycles. The number of nitrogens with zero attached hydrogens (tertiary/aromatic N) is 1. The number of hydrogen-bond donors (Lipinski definition) is 1. The van der Waals surface area contributed by atoms with Crippen molar-refractivity contribution in [2.75, 3.05) is 32.8 Å². The van der Waals surface area contributed by atoms with Crippen molar-refractivity contribution in [1.82, 2.24) is 4.90 Å². The molecule has 0 aliphatic carbocycles. The highest BCUT2D eigenvalue weighted by atomic mass is 19.1. The lowest BCUT2D eigenvalue weighted by molar-refractivity contribution is -0.154. The van der Waals surface area contributed by atoms with Crippen LogP contribution < -0.4 is 14.8 Å². The van der Waals surface area contributed by atoms with E-state index in [0.29, 0.717) is 23.1 Å². The van der Waals surface area contributed by atoms with E-state index in [4.69, 9.17) is 14.2 Å². The molecule has 1 aliphatic rings. The zero-order chi connectivity index (χ0) is 21.0. The highest BCUT2D eigenvalue weighted by molar-refractivity contribution is 5.98. The summed E-state index contributed by atoms with van der Waals surface area (Å²) in [7, 11) is 3.01. The average molecular weight is 406 g/mol. The van der Waals surface area contributed by atoms with Gasteiger partial charge in [-0.2, -0.15) is 0 Å². The summed E-state index contributed by atoms with van der Waals surface area (Å²) in [5.74, 6) is -1.63. The Morgan fingerprint density at radius 2 is 2.00 bits per heavy atom. The maximum atomic E-state index is 13.9. The van der Waals surface area contributed by atoms with E-state index in [1.807, 2.05) is 0 Å². The zero-order valence-corrected chi connectivity index (χ0v) is 15.9. The third kappa shape index (κ3) is 4.62. The van der Waals surface area contributed by atoms with Gasteiger partial charge in [-0.15, -0.1) is 0 Å². The Hall–Kier alpha value is -3.20. The van der Waals surface area contributed by atoms with Crippen LogP contribution in [0.2, 0.25) is 0 Å². The lowest BCUT2D eigenvalue weighted by Crippen LogP contribution is -2.54. The quantitative estimate of drug-likeness (QED) is 0.797. The van der Waals surface area contributed by atoms with Gasteiger partial charge in [0, 0.05) is 17.7 Å². The second-order valence-corrected chi connectivity index (χ2v) is 6.34. The zero-order valence-electron chi connectivity index (χ0n) is 15.9. The normalized spacial score (nSPS) is 16.5. The van der Waals surface area contributed by atoms with Crippen LogP contribution in [0.25, 0.3) is 0 Å². The van der Waals surface area contributed by atoms with Gasteiger partial charge in [-0.05, 0) is 24.3 Å². The molecule has 9 heteroatoms. The molecule has 1 atom stereocenters. The molecule has 0 aromatic heterocycles. The number of amides is 2. The van der Waals surface area contributed by atoms with E-state index in [9.17, 15) is 18.4 Å². The second-order valence-electron chi connectivity index (χ2n) is 6.34. The fourth-order valence-electron chi connectivity index (χ4n) is 2.99. The first-order valence-electron chi connectivity index (χ1n) is 8.77. The van der Waals surface area contributed by atoms with E-state index in [-0.39, 0.29) is 25.4 Å². The van der Waals surface area contributed by atoms with Crippen molar-refractivity contribution in [2.45, 2.75) is 12.6 Å². The van der Waals surface area contributed by atoms with Crippen LogP contribution in [0.1, 0.15) is 5.56 Å². The molecular weight excluding hydrogens is 386 g/mol. The summed E-state index contributed by atoms with van der Waals surface area (Å²) in [6.07, 6.45) is 0. The van der Waals surface area contributed by atoms with Gasteiger partial charge in [-0.3, -0.25) is 9.59 Å². The highest BCUT2D eigenvalue weighted by Gasteiger charge is 2.35.